The van der Waals surface area contributed by atoms with Crippen molar-refractivity contribution in [3.05, 3.63) is 89.9 Å². The molecule has 0 bridgehead atoms. The Balaban J connectivity index is 1.52. The maximum absolute atomic E-state index is 12.7. The first-order chi connectivity index (χ1) is 14.2. The third kappa shape index (κ3) is 4.41. The summed E-state index contributed by atoms with van der Waals surface area (Å²) in [5, 5.41) is 9.17. The number of hydrogen-bond donors (Lipinski definition) is 1. The zero-order valence-electron chi connectivity index (χ0n) is 15.3. The highest BCUT2D eigenvalue weighted by molar-refractivity contribution is 7.13. The van der Waals surface area contributed by atoms with Crippen LogP contribution in [0.3, 0.4) is 0 Å². The van der Waals surface area contributed by atoms with Gasteiger partial charge in [0.2, 0.25) is 0 Å². The Kier molecular flexibility index (Phi) is 5.49. The minimum Gasteiger partial charge on any atom is -0.452 e. The Bertz CT molecular complexity index is 1110. The minimum absolute atomic E-state index is 0.309. The van der Waals surface area contributed by atoms with Gasteiger partial charge in [0.15, 0.2) is 6.61 Å². The summed E-state index contributed by atoms with van der Waals surface area (Å²) in [6.07, 6.45) is 1.63. The van der Waals surface area contributed by atoms with Crippen molar-refractivity contribution in [2.24, 2.45) is 0 Å². The molecular formula is C22H17N3O3S. The molecule has 0 aliphatic rings. The largest absolute Gasteiger partial charge is 0.452 e. The van der Waals surface area contributed by atoms with Crippen LogP contribution in [0.15, 0.2) is 84.4 Å². The lowest BCUT2D eigenvalue weighted by Crippen LogP contribution is -2.21. The monoisotopic (exact) mass is 403 g/mol. The number of esters is 1. The van der Waals surface area contributed by atoms with Gasteiger partial charge in [-0.15, -0.1) is 11.3 Å². The van der Waals surface area contributed by atoms with Crippen LogP contribution in [0.4, 0.5) is 5.69 Å². The first-order valence-corrected chi connectivity index (χ1v) is 9.79. The van der Waals surface area contributed by atoms with Crippen LogP contribution in [-0.4, -0.2) is 28.3 Å². The molecule has 2 aromatic heterocycles. The van der Waals surface area contributed by atoms with Gasteiger partial charge in [-0.3, -0.25) is 4.79 Å². The molecule has 0 atom stereocenters. The van der Waals surface area contributed by atoms with E-state index in [0.717, 1.165) is 10.6 Å². The molecular weight excluding hydrogens is 386 g/mol. The Morgan fingerprint density at radius 3 is 2.38 bits per heavy atom. The van der Waals surface area contributed by atoms with Crippen LogP contribution in [0, 0.1) is 0 Å². The number of anilines is 1. The number of nitrogens with zero attached hydrogens (tertiary/aromatic N) is 2. The summed E-state index contributed by atoms with van der Waals surface area (Å²) >= 11 is 1.48. The first kappa shape index (κ1) is 18.6. The van der Waals surface area contributed by atoms with Gasteiger partial charge in [0.25, 0.3) is 5.91 Å². The van der Waals surface area contributed by atoms with Crippen LogP contribution in [-0.2, 0) is 9.53 Å². The lowest BCUT2D eigenvalue weighted by atomic mass is 10.2. The molecule has 0 fully saturated rings. The average Bonchev–Trinajstić information content (AvgIpc) is 3.43. The molecule has 29 heavy (non-hydrogen) atoms. The van der Waals surface area contributed by atoms with Crippen molar-refractivity contribution < 1.29 is 14.3 Å². The van der Waals surface area contributed by atoms with Gasteiger partial charge < -0.3 is 10.1 Å². The number of ether oxygens (including phenoxy) is 1. The van der Waals surface area contributed by atoms with E-state index in [2.05, 4.69) is 10.4 Å². The highest BCUT2D eigenvalue weighted by Gasteiger charge is 2.21. The summed E-state index contributed by atoms with van der Waals surface area (Å²) in [5.74, 6) is -1.00. The number of rotatable bonds is 6. The van der Waals surface area contributed by atoms with Crippen molar-refractivity contribution in [1.82, 2.24) is 9.78 Å². The van der Waals surface area contributed by atoms with E-state index in [0.29, 0.717) is 16.9 Å². The molecule has 2 heterocycles. The number of benzene rings is 2. The van der Waals surface area contributed by atoms with Gasteiger partial charge >= 0.3 is 5.97 Å². The second kappa shape index (κ2) is 8.53. The third-order valence-corrected chi connectivity index (χ3v) is 4.98. The van der Waals surface area contributed by atoms with E-state index in [9.17, 15) is 9.59 Å². The van der Waals surface area contributed by atoms with Gasteiger partial charge in [0.05, 0.1) is 10.6 Å². The zero-order valence-corrected chi connectivity index (χ0v) is 16.1. The number of carbonyl (C=O) groups is 2. The van der Waals surface area contributed by atoms with Gasteiger partial charge in [0, 0.05) is 11.9 Å². The molecule has 144 valence electrons. The second-order valence-corrected chi connectivity index (χ2v) is 7.09. The normalized spacial score (nSPS) is 10.5. The molecule has 7 heteroatoms. The Labute approximate surface area is 171 Å². The van der Waals surface area contributed by atoms with Gasteiger partial charge in [-0.1, -0.05) is 42.5 Å². The number of amides is 1. The maximum atomic E-state index is 12.7. The van der Waals surface area contributed by atoms with Crippen molar-refractivity contribution in [3.8, 4) is 16.3 Å². The van der Waals surface area contributed by atoms with E-state index in [-0.39, 0.29) is 6.61 Å². The minimum atomic E-state index is -0.598. The van der Waals surface area contributed by atoms with Crippen LogP contribution in [0.1, 0.15) is 10.4 Å². The highest BCUT2D eigenvalue weighted by Crippen LogP contribution is 2.28. The molecule has 0 saturated heterocycles. The zero-order chi connectivity index (χ0) is 20.1. The molecule has 1 N–H and O–H groups in total. The second-order valence-electron chi connectivity index (χ2n) is 6.14. The van der Waals surface area contributed by atoms with E-state index in [1.54, 1.807) is 23.0 Å². The molecule has 0 radical (unpaired) electrons. The van der Waals surface area contributed by atoms with E-state index in [1.165, 1.54) is 11.3 Å². The summed E-state index contributed by atoms with van der Waals surface area (Å²) < 4.78 is 6.88. The van der Waals surface area contributed by atoms with Crippen molar-refractivity contribution in [3.63, 3.8) is 0 Å². The summed E-state index contributed by atoms with van der Waals surface area (Å²) in [7, 11) is 0. The van der Waals surface area contributed by atoms with E-state index in [4.69, 9.17) is 4.74 Å². The number of para-hydroxylation sites is 2. The predicted molar refractivity (Wildman–Crippen MR) is 112 cm³/mol. The lowest BCUT2D eigenvalue weighted by Gasteiger charge is -2.06. The summed E-state index contributed by atoms with van der Waals surface area (Å²) in [4.78, 5) is 25.6. The van der Waals surface area contributed by atoms with E-state index in [1.807, 2.05) is 66.0 Å². The maximum Gasteiger partial charge on any atom is 0.342 e. The molecule has 4 aromatic rings. The fourth-order valence-electron chi connectivity index (χ4n) is 2.76. The number of thiophene rings is 1. The van der Waals surface area contributed by atoms with Gasteiger partial charge in [-0.25, -0.2) is 9.48 Å². The Morgan fingerprint density at radius 2 is 1.69 bits per heavy atom. The van der Waals surface area contributed by atoms with E-state index < -0.39 is 11.9 Å². The molecule has 4 rings (SSSR count). The van der Waals surface area contributed by atoms with Crippen molar-refractivity contribution in [1.29, 1.82) is 0 Å². The molecule has 0 unspecified atom stereocenters. The first-order valence-electron chi connectivity index (χ1n) is 8.92. The quantitative estimate of drug-likeness (QED) is 0.485. The number of hydrogen-bond acceptors (Lipinski definition) is 5. The molecule has 0 spiro atoms. The summed E-state index contributed by atoms with van der Waals surface area (Å²) in [6, 6.07) is 22.3. The van der Waals surface area contributed by atoms with Gasteiger partial charge in [-0.05, 0) is 35.7 Å². The molecule has 2 aromatic carbocycles. The predicted octanol–water partition coefficient (Wildman–Crippen LogP) is 4.40. The van der Waals surface area contributed by atoms with Crippen molar-refractivity contribution in [2.45, 2.75) is 0 Å². The van der Waals surface area contributed by atoms with Crippen LogP contribution in [0.2, 0.25) is 0 Å². The number of aromatic nitrogens is 2. The van der Waals surface area contributed by atoms with Crippen LogP contribution >= 0.6 is 11.3 Å². The highest BCUT2D eigenvalue weighted by atomic mass is 32.1. The standard InChI is InChI=1S/C22H17N3O3S/c26-20(23-16-8-3-1-4-9-16)15-28-22(27)18-14-25(17-10-5-2-6-11-17)24-21(18)19-12-7-13-29-19/h1-14H,15H2,(H,23,26). The summed E-state index contributed by atoms with van der Waals surface area (Å²) in [5.41, 5.74) is 2.30. The molecule has 0 aliphatic heterocycles. The van der Waals surface area contributed by atoms with Crippen LogP contribution < -0.4 is 5.32 Å². The Hall–Kier alpha value is -3.71. The Morgan fingerprint density at radius 1 is 0.966 bits per heavy atom. The average molecular weight is 403 g/mol. The fourth-order valence-corrected chi connectivity index (χ4v) is 3.48. The van der Waals surface area contributed by atoms with Gasteiger partial charge in [-0.2, -0.15) is 5.10 Å². The fraction of sp³-hybridized carbons (Fsp3) is 0.0455. The number of nitrogens with one attached hydrogen (secondary N) is 1. The number of carbonyl (C=O) groups excluding carboxylic acids is 2. The van der Waals surface area contributed by atoms with Crippen molar-refractivity contribution >= 4 is 28.9 Å². The molecule has 1 amide bonds. The lowest BCUT2D eigenvalue weighted by molar-refractivity contribution is -0.119. The van der Waals surface area contributed by atoms with Crippen LogP contribution in [0.5, 0.6) is 0 Å². The van der Waals surface area contributed by atoms with Crippen molar-refractivity contribution in [2.75, 3.05) is 11.9 Å². The van der Waals surface area contributed by atoms with Gasteiger partial charge in [0.1, 0.15) is 11.3 Å². The van der Waals surface area contributed by atoms with E-state index >= 15 is 0 Å². The molecule has 0 saturated carbocycles. The van der Waals surface area contributed by atoms with Crippen LogP contribution in [0.25, 0.3) is 16.3 Å². The smallest absolute Gasteiger partial charge is 0.342 e. The molecule has 6 nitrogen and oxygen atoms in total. The summed E-state index contributed by atoms with van der Waals surface area (Å²) in [6.45, 7) is -0.381. The topological polar surface area (TPSA) is 73.2 Å². The molecule has 0 aliphatic carbocycles. The third-order valence-electron chi connectivity index (χ3n) is 4.10. The SMILES string of the molecule is O=C(COC(=O)c1cn(-c2ccccc2)nc1-c1cccs1)Nc1ccccc1.